The first-order chi connectivity index (χ1) is 10.1. The Morgan fingerprint density at radius 1 is 1.14 bits per heavy atom. The molecule has 3 rings (SSSR count). The molecule has 0 N–H and O–H groups in total. The molecule has 0 bridgehead atoms. The van der Waals surface area contributed by atoms with Crippen molar-refractivity contribution >= 4 is 34.6 Å². The summed E-state index contributed by atoms with van der Waals surface area (Å²) in [6.45, 7) is -0.154. The highest BCUT2D eigenvalue weighted by Gasteiger charge is 2.13. The molecule has 106 valence electrons. The number of hydrogen-bond acceptors (Lipinski definition) is 3. The Morgan fingerprint density at radius 3 is 2.67 bits per heavy atom. The number of Topliss-reactive ketones (excluding diaryl/α,β-unsaturated/α-hetero) is 1. The highest BCUT2D eigenvalue weighted by atomic mass is 35.5. The van der Waals surface area contributed by atoms with Crippen molar-refractivity contribution in [1.29, 1.82) is 0 Å². The Bertz CT molecular complexity index is 899. The van der Waals surface area contributed by atoms with E-state index in [1.807, 2.05) is 0 Å². The van der Waals surface area contributed by atoms with E-state index >= 15 is 0 Å². The first-order valence-corrected chi connectivity index (χ1v) is 6.84. The maximum atomic E-state index is 12.2. The molecule has 0 aliphatic heterocycles. The van der Waals surface area contributed by atoms with E-state index in [-0.39, 0.29) is 18.0 Å². The standard InChI is InChI=1S/C14H9Cl2N3O2/c15-10-5-4-9(7-11(10)16)12(20)8-19-14(21)18-6-2-1-3-13(18)17-19/h1-7H,8H2. The molecule has 0 saturated heterocycles. The van der Waals surface area contributed by atoms with E-state index in [4.69, 9.17) is 23.2 Å². The normalized spacial score (nSPS) is 11.0. The predicted octanol–water partition coefficient (Wildman–Crippen LogP) is 2.69. The molecule has 0 amide bonds. The Kier molecular flexibility index (Phi) is 3.53. The van der Waals surface area contributed by atoms with Gasteiger partial charge in [-0.2, -0.15) is 0 Å². The molecule has 2 heterocycles. The molecule has 5 nitrogen and oxygen atoms in total. The van der Waals surface area contributed by atoms with Gasteiger partial charge in [0.2, 0.25) is 0 Å². The highest BCUT2D eigenvalue weighted by Crippen LogP contribution is 2.22. The minimum Gasteiger partial charge on any atom is -0.292 e. The number of hydrogen-bond donors (Lipinski definition) is 0. The maximum absolute atomic E-state index is 12.2. The maximum Gasteiger partial charge on any atom is 0.350 e. The molecule has 1 aromatic carbocycles. The number of fused-ring (bicyclic) bond motifs is 1. The Labute approximate surface area is 129 Å². The number of benzene rings is 1. The number of aromatic nitrogens is 3. The van der Waals surface area contributed by atoms with Crippen LogP contribution in [0.2, 0.25) is 10.0 Å². The third-order valence-electron chi connectivity index (χ3n) is 3.02. The number of pyridine rings is 1. The molecule has 21 heavy (non-hydrogen) atoms. The van der Waals surface area contributed by atoms with Crippen molar-refractivity contribution < 1.29 is 4.79 Å². The summed E-state index contributed by atoms with van der Waals surface area (Å²) < 4.78 is 2.50. The van der Waals surface area contributed by atoms with Crippen LogP contribution >= 0.6 is 23.2 Å². The zero-order valence-corrected chi connectivity index (χ0v) is 12.2. The van der Waals surface area contributed by atoms with Gasteiger partial charge in [0.15, 0.2) is 11.4 Å². The molecule has 0 fully saturated rings. The summed E-state index contributed by atoms with van der Waals surface area (Å²) in [5.41, 5.74) is 0.511. The first-order valence-electron chi connectivity index (χ1n) is 6.09. The van der Waals surface area contributed by atoms with Crippen LogP contribution in [0.3, 0.4) is 0 Å². The molecule has 7 heteroatoms. The van der Waals surface area contributed by atoms with Crippen LogP contribution in [0, 0.1) is 0 Å². The number of halogens is 2. The lowest BCUT2D eigenvalue weighted by atomic mass is 10.1. The predicted molar refractivity (Wildman–Crippen MR) is 80.2 cm³/mol. The monoisotopic (exact) mass is 321 g/mol. The molecular weight excluding hydrogens is 313 g/mol. The minimum atomic E-state index is -0.362. The van der Waals surface area contributed by atoms with Crippen LogP contribution in [0.15, 0.2) is 47.4 Å². The van der Waals surface area contributed by atoms with Crippen molar-refractivity contribution in [2.24, 2.45) is 0 Å². The number of carbonyl (C=O) groups excluding carboxylic acids is 1. The molecule has 0 aliphatic carbocycles. The molecule has 0 spiro atoms. The van der Waals surface area contributed by atoms with Gasteiger partial charge >= 0.3 is 5.69 Å². The van der Waals surface area contributed by atoms with E-state index in [2.05, 4.69) is 5.10 Å². The fraction of sp³-hybridized carbons (Fsp3) is 0.0714. The van der Waals surface area contributed by atoms with Crippen LogP contribution in [0.25, 0.3) is 5.65 Å². The van der Waals surface area contributed by atoms with Gasteiger partial charge in [0, 0.05) is 11.8 Å². The second-order valence-corrected chi connectivity index (χ2v) is 5.24. The smallest absolute Gasteiger partial charge is 0.292 e. The van der Waals surface area contributed by atoms with Crippen molar-refractivity contribution in [3.63, 3.8) is 0 Å². The van der Waals surface area contributed by atoms with Crippen LogP contribution in [0.1, 0.15) is 10.4 Å². The Balaban J connectivity index is 1.94. The SMILES string of the molecule is O=C(Cn1nc2ccccn2c1=O)c1ccc(Cl)c(Cl)c1. The summed E-state index contributed by atoms with van der Waals surface area (Å²) in [7, 11) is 0. The van der Waals surface area contributed by atoms with Crippen molar-refractivity contribution in [3.05, 3.63) is 68.7 Å². The fourth-order valence-corrected chi connectivity index (χ4v) is 2.27. The first kappa shape index (κ1) is 13.9. The van der Waals surface area contributed by atoms with Crippen LogP contribution in [-0.4, -0.2) is 20.0 Å². The lowest BCUT2D eigenvalue weighted by Gasteiger charge is -2.02. The lowest BCUT2D eigenvalue weighted by molar-refractivity contribution is 0.0966. The molecule has 0 atom stereocenters. The second kappa shape index (κ2) is 5.35. The zero-order valence-electron chi connectivity index (χ0n) is 10.7. The van der Waals surface area contributed by atoms with Crippen LogP contribution in [0.4, 0.5) is 0 Å². The van der Waals surface area contributed by atoms with Gasteiger partial charge in [-0.15, -0.1) is 5.10 Å². The highest BCUT2D eigenvalue weighted by molar-refractivity contribution is 6.42. The molecule has 0 aliphatic rings. The van der Waals surface area contributed by atoms with Gasteiger partial charge in [-0.05, 0) is 30.3 Å². The molecular formula is C14H9Cl2N3O2. The van der Waals surface area contributed by atoms with Gasteiger partial charge < -0.3 is 0 Å². The summed E-state index contributed by atoms with van der Waals surface area (Å²) in [6, 6.07) is 9.78. The molecule has 3 aromatic rings. The molecule has 0 radical (unpaired) electrons. The van der Waals surface area contributed by atoms with Gasteiger partial charge in [-0.25, -0.2) is 9.48 Å². The molecule has 0 saturated carbocycles. The average Bonchev–Trinajstić information content (AvgIpc) is 2.79. The zero-order chi connectivity index (χ0) is 15.0. The fourth-order valence-electron chi connectivity index (χ4n) is 1.97. The van der Waals surface area contributed by atoms with Gasteiger partial charge in [0.1, 0.15) is 6.54 Å². The molecule has 0 unspecified atom stereocenters. The second-order valence-electron chi connectivity index (χ2n) is 4.42. The van der Waals surface area contributed by atoms with Gasteiger partial charge in [0.05, 0.1) is 10.0 Å². The van der Waals surface area contributed by atoms with Crippen LogP contribution in [0.5, 0.6) is 0 Å². The third-order valence-corrected chi connectivity index (χ3v) is 3.76. The van der Waals surface area contributed by atoms with Crippen molar-refractivity contribution in [3.8, 4) is 0 Å². The Hall–Kier alpha value is -2.11. The van der Waals surface area contributed by atoms with E-state index < -0.39 is 0 Å². The van der Waals surface area contributed by atoms with Gasteiger partial charge in [-0.1, -0.05) is 29.3 Å². The van der Waals surface area contributed by atoms with E-state index in [1.54, 1.807) is 36.5 Å². The van der Waals surface area contributed by atoms with Crippen molar-refractivity contribution in [2.75, 3.05) is 0 Å². The van der Waals surface area contributed by atoms with Gasteiger partial charge in [-0.3, -0.25) is 9.20 Å². The van der Waals surface area contributed by atoms with Gasteiger partial charge in [0.25, 0.3) is 0 Å². The van der Waals surface area contributed by atoms with E-state index in [0.717, 1.165) is 4.68 Å². The largest absolute Gasteiger partial charge is 0.350 e. The van der Waals surface area contributed by atoms with E-state index in [9.17, 15) is 9.59 Å². The van der Waals surface area contributed by atoms with Crippen LogP contribution < -0.4 is 5.69 Å². The Morgan fingerprint density at radius 2 is 1.95 bits per heavy atom. The van der Waals surface area contributed by atoms with Crippen molar-refractivity contribution in [1.82, 2.24) is 14.2 Å². The quantitative estimate of drug-likeness (QED) is 0.697. The number of carbonyl (C=O) groups is 1. The minimum absolute atomic E-state index is 0.154. The van der Waals surface area contributed by atoms with Crippen LogP contribution in [-0.2, 0) is 6.54 Å². The number of nitrogens with zero attached hydrogens (tertiary/aromatic N) is 3. The summed E-state index contributed by atoms with van der Waals surface area (Å²) in [5, 5.41) is 4.77. The number of rotatable bonds is 3. The average molecular weight is 322 g/mol. The van der Waals surface area contributed by atoms with E-state index in [1.165, 1.54) is 10.5 Å². The third kappa shape index (κ3) is 2.57. The molecule has 2 aromatic heterocycles. The van der Waals surface area contributed by atoms with Crippen molar-refractivity contribution in [2.45, 2.75) is 6.54 Å². The summed E-state index contributed by atoms with van der Waals surface area (Å²) in [4.78, 5) is 24.3. The van der Waals surface area contributed by atoms with E-state index in [0.29, 0.717) is 21.3 Å². The topological polar surface area (TPSA) is 56.4 Å². The summed E-state index contributed by atoms with van der Waals surface area (Å²) in [6.07, 6.45) is 1.60. The summed E-state index contributed by atoms with van der Waals surface area (Å²) >= 11 is 11.7. The lowest BCUT2D eigenvalue weighted by Crippen LogP contribution is -2.25. The number of ketones is 1. The summed E-state index contributed by atoms with van der Waals surface area (Å²) in [5.74, 6) is -0.265.